The molecule has 1 heterocycles. The van der Waals surface area contributed by atoms with Crippen molar-refractivity contribution in [2.45, 2.75) is 39.2 Å². The fraction of sp³-hybridized carbons (Fsp3) is 0.562. The van der Waals surface area contributed by atoms with Crippen molar-refractivity contribution < 1.29 is 4.90 Å². The lowest BCUT2D eigenvalue weighted by Gasteiger charge is -2.30. The first kappa shape index (κ1) is 16.5. The Balaban J connectivity index is 1.81. The summed E-state index contributed by atoms with van der Waals surface area (Å²) in [6.07, 6.45) is 3.64. The molecular weight excluding hydrogens is 302 g/mol. The Kier molecular flexibility index (Phi) is 6.27. The van der Waals surface area contributed by atoms with Gasteiger partial charge in [-0.3, -0.25) is 0 Å². The molecule has 0 saturated carbocycles. The Morgan fingerprint density at radius 1 is 1.38 bits per heavy atom. The van der Waals surface area contributed by atoms with Crippen molar-refractivity contribution in [1.82, 2.24) is 5.32 Å². The molecule has 0 spiro atoms. The van der Waals surface area contributed by atoms with E-state index >= 15 is 0 Å². The van der Waals surface area contributed by atoms with Gasteiger partial charge in [-0.1, -0.05) is 24.6 Å². The van der Waals surface area contributed by atoms with Gasteiger partial charge < -0.3 is 15.5 Å². The van der Waals surface area contributed by atoms with Crippen molar-refractivity contribution in [2.24, 2.45) is 0 Å². The SMILES string of the molecule is CCC[NH+]1CCC(NC(=S)Nc2cccc(Cl)c2C)CC1. The molecule has 3 nitrogen and oxygen atoms in total. The zero-order valence-corrected chi connectivity index (χ0v) is 14.4. The van der Waals surface area contributed by atoms with Gasteiger partial charge in [0.2, 0.25) is 0 Å². The molecule has 116 valence electrons. The smallest absolute Gasteiger partial charge is 0.171 e. The molecule has 0 bridgehead atoms. The molecule has 5 heteroatoms. The Morgan fingerprint density at radius 2 is 2.10 bits per heavy atom. The third-order valence-corrected chi connectivity index (χ3v) is 4.78. The number of hydrogen-bond donors (Lipinski definition) is 3. The molecule has 0 aromatic heterocycles. The van der Waals surface area contributed by atoms with Gasteiger partial charge in [-0.2, -0.15) is 0 Å². The summed E-state index contributed by atoms with van der Waals surface area (Å²) in [5.41, 5.74) is 2.01. The van der Waals surface area contributed by atoms with Gasteiger partial charge in [-0.25, -0.2) is 0 Å². The second-order valence-electron chi connectivity index (χ2n) is 5.79. The van der Waals surface area contributed by atoms with Gasteiger partial charge in [0, 0.05) is 29.6 Å². The summed E-state index contributed by atoms with van der Waals surface area (Å²) < 4.78 is 0. The molecule has 1 aliphatic rings. The third kappa shape index (κ3) is 4.83. The summed E-state index contributed by atoms with van der Waals surface area (Å²) in [7, 11) is 0. The van der Waals surface area contributed by atoms with Gasteiger partial charge in [0.15, 0.2) is 5.11 Å². The van der Waals surface area contributed by atoms with E-state index in [1.165, 1.54) is 38.9 Å². The first-order valence-electron chi connectivity index (χ1n) is 7.76. The minimum Gasteiger partial charge on any atom is -0.359 e. The molecule has 0 atom stereocenters. The lowest BCUT2D eigenvalue weighted by molar-refractivity contribution is -0.905. The maximum atomic E-state index is 6.13. The Labute approximate surface area is 138 Å². The molecule has 1 saturated heterocycles. The van der Waals surface area contributed by atoms with Crippen molar-refractivity contribution in [3.63, 3.8) is 0 Å². The molecule has 1 aromatic carbocycles. The Bertz CT molecular complexity index is 484. The largest absolute Gasteiger partial charge is 0.359 e. The fourth-order valence-corrected chi connectivity index (χ4v) is 3.31. The maximum absolute atomic E-state index is 6.13. The van der Waals surface area contributed by atoms with Crippen LogP contribution in [-0.2, 0) is 0 Å². The number of nitrogens with one attached hydrogen (secondary N) is 3. The molecule has 1 aliphatic heterocycles. The average Bonchev–Trinajstić information content (AvgIpc) is 2.46. The van der Waals surface area contributed by atoms with Crippen LogP contribution in [0.15, 0.2) is 18.2 Å². The lowest BCUT2D eigenvalue weighted by Crippen LogP contribution is -3.13. The van der Waals surface area contributed by atoms with E-state index in [0.717, 1.165) is 16.3 Å². The molecule has 0 amide bonds. The van der Waals surface area contributed by atoms with Crippen LogP contribution in [0.3, 0.4) is 0 Å². The van der Waals surface area contributed by atoms with Crippen molar-refractivity contribution in [3.8, 4) is 0 Å². The van der Waals surface area contributed by atoms with Gasteiger partial charge >= 0.3 is 0 Å². The molecule has 0 unspecified atom stereocenters. The molecule has 1 aromatic rings. The first-order valence-corrected chi connectivity index (χ1v) is 8.55. The summed E-state index contributed by atoms with van der Waals surface area (Å²) in [5.74, 6) is 0. The number of benzene rings is 1. The molecular formula is C16H25ClN3S+. The third-order valence-electron chi connectivity index (χ3n) is 4.15. The van der Waals surface area contributed by atoms with Crippen molar-refractivity contribution in [3.05, 3.63) is 28.8 Å². The highest BCUT2D eigenvalue weighted by molar-refractivity contribution is 7.80. The van der Waals surface area contributed by atoms with Gasteiger partial charge in [0.05, 0.1) is 19.6 Å². The summed E-state index contributed by atoms with van der Waals surface area (Å²) >= 11 is 11.6. The summed E-state index contributed by atoms with van der Waals surface area (Å²) in [6, 6.07) is 6.32. The van der Waals surface area contributed by atoms with Crippen LogP contribution in [-0.4, -0.2) is 30.8 Å². The molecule has 21 heavy (non-hydrogen) atoms. The quantitative estimate of drug-likeness (QED) is 0.742. The monoisotopic (exact) mass is 326 g/mol. The maximum Gasteiger partial charge on any atom is 0.171 e. The van der Waals surface area contributed by atoms with E-state index in [1.54, 1.807) is 4.90 Å². The van der Waals surface area contributed by atoms with Crippen LogP contribution in [0.25, 0.3) is 0 Å². The fourth-order valence-electron chi connectivity index (χ4n) is 2.86. The first-order chi connectivity index (χ1) is 10.1. The number of piperidine rings is 1. The Morgan fingerprint density at radius 3 is 2.76 bits per heavy atom. The van der Waals surface area contributed by atoms with Crippen LogP contribution in [0, 0.1) is 6.92 Å². The summed E-state index contributed by atoms with van der Waals surface area (Å²) in [5, 5.41) is 8.17. The number of quaternary nitrogens is 1. The second kappa shape index (κ2) is 7.97. The lowest BCUT2D eigenvalue weighted by atomic mass is 10.1. The number of anilines is 1. The summed E-state index contributed by atoms with van der Waals surface area (Å²) in [6.45, 7) is 8.02. The standard InChI is InChI=1S/C16H24ClN3S/c1-3-9-20-10-7-13(8-11-20)18-16(21)19-15-6-4-5-14(17)12(15)2/h4-6,13H,3,7-11H2,1-2H3,(H2,18,19,21)/p+1. The van der Waals surface area contributed by atoms with E-state index < -0.39 is 0 Å². The van der Waals surface area contributed by atoms with E-state index in [2.05, 4.69) is 17.6 Å². The number of hydrogen-bond acceptors (Lipinski definition) is 1. The van der Waals surface area contributed by atoms with E-state index in [0.29, 0.717) is 11.2 Å². The highest BCUT2D eigenvalue weighted by atomic mass is 35.5. The minimum absolute atomic E-state index is 0.491. The van der Waals surface area contributed by atoms with Crippen molar-refractivity contribution in [1.29, 1.82) is 0 Å². The van der Waals surface area contributed by atoms with E-state index in [9.17, 15) is 0 Å². The Hall–Kier alpha value is -0.840. The van der Waals surface area contributed by atoms with Crippen LogP contribution in [0.5, 0.6) is 0 Å². The van der Waals surface area contributed by atoms with Crippen LogP contribution in [0.2, 0.25) is 5.02 Å². The van der Waals surface area contributed by atoms with E-state index in [1.807, 2.05) is 25.1 Å². The van der Waals surface area contributed by atoms with E-state index in [4.69, 9.17) is 23.8 Å². The zero-order valence-electron chi connectivity index (χ0n) is 12.8. The predicted molar refractivity (Wildman–Crippen MR) is 94.4 cm³/mol. The van der Waals surface area contributed by atoms with Crippen molar-refractivity contribution in [2.75, 3.05) is 25.0 Å². The van der Waals surface area contributed by atoms with Crippen LogP contribution in [0.1, 0.15) is 31.7 Å². The molecule has 0 radical (unpaired) electrons. The van der Waals surface area contributed by atoms with E-state index in [-0.39, 0.29) is 0 Å². The molecule has 1 fully saturated rings. The predicted octanol–water partition coefficient (Wildman–Crippen LogP) is 2.39. The number of rotatable bonds is 4. The molecule has 0 aliphatic carbocycles. The van der Waals surface area contributed by atoms with Crippen LogP contribution < -0.4 is 15.5 Å². The minimum atomic E-state index is 0.491. The van der Waals surface area contributed by atoms with Crippen LogP contribution >= 0.6 is 23.8 Å². The van der Waals surface area contributed by atoms with Gasteiger partial charge in [-0.15, -0.1) is 0 Å². The molecule has 2 rings (SSSR count). The number of likely N-dealkylation sites (tertiary alicyclic amines) is 1. The average molecular weight is 327 g/mol. The topological polar surface area (TPSA) is 28.5 Å². The highest BCUT2D eigenvalue weighted by Crippen LogP contribution is 2.22. The van der Waals surface area contributed by atoms with Gasteiger partial charge in [0.25, 0.3) is 0 Å². The summed E-state index contributed by atoms with van der Waals surface area (Å²) in [4.78, 5) is 1.72. The highest BCUT2D eigenvalue weighted by Gasteiger charge is 2.21. The zero-order chi connectivity index (χ0) is 15.2. The van der Waals surface area contributed by atoms with Gasteiger partial charge in [0.1, 0.15) is 0 Å². The second-order valence-corrected chi connectivity index (χ2v) is 6.60. The van der Waals surface area contributed by atoms with Crippen LogP contribution in [0.4, 0.5) is 5.69 Å². The normalized spacial score (nSPS) is 21.9. The van der Waals surface area contributed by atoms with Gasteiger partial charge in [-0.05, 0) is 43.3 Å². The number of thiocarbonyl (C=S) groups is 1. The number of halogens is 1. The molecule has 3 N–H and O–H groups in total. The van der Waals surface area contributed by atoms with Crippen molar-refractivity contribution >= 4 is 34.6 Å².